The number of unbranched alkanes of at least 4 members (excludes halogenated alkanes) is 22. The van der Waals surface area contributed by atoms with Gasteiger partial charge in [0, 0.05) is 12.8 Å². The molecule has 0 aromatic heterocycles. The van der Waals surface area contributed by atoms with Crippen LogP contribution in [-0.4, -0.2) is 98.3 Å². The van der Waals surface area contributed by atoms with E-state index in [4.69, 9.17) is 18.5 Å². The number of aliphatic hydroxyl groups is 5. The van der Waals surface area contributed by atoms with Crippen molar-refractivity contribution in [3.8, 4) is 0 Å². The van der Waals surface area contributed by atoms with E-state index in [1.165, 1.54) is 122 Å². The van der Waals surface area contributed by atoms with Crippen molar-refractivity contribution in [1.29, 1.82) is 0 Å². The summed E-state index contributed by atoms with van der Waals surface area (Å²) < 4.78 is 33.5. The molecule has 378 valence electrons. The van der Waals surface area contributed by atoms with Crippen molar-refractivity contribution in [3.05, 3.63) is 48.6 Å². The van der Waals surface area contributed by atoms with Gasteiger partial charge in [-0.1, -0.05) is 204 Å². The molecular weight excluding hydrogens is 852 g/mol. The minimum Gasteiger partial charge on any atom is -0.462 e. The maximum Gasteiger partial charge on any atom is 0.472 e. The first kappa shape index (κ1) is 60.8. The van der Waals surface area contributed by atoms with E-state index in [9.17, 15) is 44.6 Å². The Bertz CT molecular complexity index is 1320. The molecule has 1 fully saturated rings. The van der Waals surface area contributed by atoms with Crippen LogP contribution in [0.4, 0.5) is 0 Å². The van der Waals surface area contributed by atoms with Crippen LogP contribution in [0.2, 0.25) is 0 Å². The molecule has 0 heterocycles. The van der Waals surface area contributed by atoms with Gasteiger partial charge in [0.2, 0.25) is 0 Å². The fraction of sp³-hybridized carbons (Fsp3) is 0.804. The highest BCUT2D eigenvalue weighted by Crippen LogP contribution is 2.47. The fourth-order valence-corrected chi connectivity index (χ4v) is 8.63. The minimum absolute atomic E-state index is 0.0238. The van der Waals surface area contributed by atoms with Crippen molar-refractivity contribution in [2.24, 2.45) is 0 Å². The Kier molecular flexibility index (Phi) is 38.2. The van der Waals surface area contributed by atoms with Crippen molar-refractivity contribution < 1.29 is 63.1 Å². The Hall–Kier alpha value is -2.19. The molecule has 0 aromatic rings. The lowest BCUT2D eigenvalue weighted by molar-refractivity contribution is -0.220. The molecule has 6 atom stereocenters. The Balaban J connectivity index is 2.37. The zero-order valence-electron chi connectivity index (χ0n) is 40.3. The SMILES string of the molecule is CC/C=C\C/C=C\C/C=C\C/C=C\CCC(=O)OC(COC(=O)CCCCCCCCCCCCCCCCCCCCCCCCC)COP(=O)(O)OC1C(O)C(O)C(O)C(O)C1O. The number of phosphoric ester groups is 1. The molecule has 14 heteroatoms. The summed E-state index contributed by atoms with van der Waals surface area (Å²) in [6.45, 7) is 3.14. The number of phosphoric acid groups is 1. The largest absolute Gasteiger partial charge is 0.472 e. The molecule has 0 aliphatic heterocycles. The number of hydrogen-bond donors (Lipinski definition) is 6. The van der Waals surface area contributed by atoms with Crippen LogP contribution in [0.15, 0.2) is 48.6 Å². The summed E-state index contributed by atoms with van der Waals surface area (Å²) in [6.07, 6.45) is 36.3. The first-order valence-corrected chi connectivity index (χ1v) is 26.9. The second-order valence-electron chi connectivity index (χ2n) is 17.7. The Morgan fingerprint density at radius 3 is 1.31 bits per heavy atom. The summed E-state index contributed by atoms with van der Waals surface area (Å²) in [6, 6.07) is 0. The maximum atomic E-state index is 12.8. The third-order valence-electron chi connectivity index (χ3n) is 11.7. The molecular formula is C51H91O13P. The lowest BCUT2D eigenvalue weighted by Crippen LogP contribution is -2.64. The predicted octanol–water partition coefficient (Wildman–Crippen LogP) is 10.7. The number of carbonyl (C=O) groups excluding carboxylic acids is 2. The van der Waals surface area contributed by atoms with E-state index in [2.05, 4.69) is 44.2 Å². The molecule has 1 saturated carbocycles. The zero-order valence-corrected chi connectivity index (χ0v) is 41.2. The topological polar surface area (TPSA) is 210 Å². The Labute approximate surface area is 392 Å². The lowest BCUT2D eigenvalue weighted by Gasteiger charge is -2.41. The average Bonchev–Trinajstić information content (AvgIpc) is 3.29. The fourth-order valence-electron chi connectivity index (χ4n) is 7.66. The van der Waals surface area contributed by atoms with Crippen molar-refractivity contribution in [2.45, 2.75) is 249 Å². The highest BCUT2D eigenvalue weighted by Gasteiger charge is 2.51. The normalized spacial score (nSPS) is 21.8. The van der Waals surface area contributed by atoms with Crippen LogP contribution in [0.1, 0.15) is 206 Å². The molecule has 0 spiro atoms. The molecule has 0 aromatic carbocycles. The Morgan fingerprint density at radius 2 is 0.877 bits per heavy atom. The number of aliphatic hydroxyl groups excluding tert-OH is 5. The van der Waals surface area contributed by atoms with Crippen LogP contribution in [0.25, 0.3) is 0 Å². The number of ether oxygens (including phenoxy) is 2. The summed E-state index contributed by atoms with van der Waals surface area (Å²) in [5.74, 6) is -1.19. The molecule has 13 nitrogen and oxygen atoms in total. The van der Waals surface area contributed by atoms with E-state index in [1.807, 2.05) is 18.2 Å². The van der Waals surface area contributed by atoms with E-state index in [1.54, 1.807) is 0 Å². The Morgan fingerprint density at radius 1 is 0.492 bits per heavy atom. The molecule has 65 heavy (non-hydrogen) atoms. The van der Waals surface area contributed by atoms with E-state index in [0.29, 0.717) is 19.3 Å². The molecule has 1 aliphatic rings. The molecule has 1 rings (SSSR count). The number of hydrogen-bond acceptors (Lipinski definition) is 12. The van der Waals surface area contributed by atoms with E-state index in [-0.39, 0.29) is 12.8 Å². The van der Waals surface area contributed by atoms with Crippen LogP contribution in [0.3, 0.4) is 0 Å². The number of carbonyl (C=O) groups is 2. The van der Waals surface area contributed by atoms with Gasteiger partial charge in [0.15, 0.2) is 6.10 Å². The van der Waals surface area contributed by atoms with Gasteiger partial charge >= 0.3 is 19.8 Å². The first-order valence-electron chi connectivity index (χ1n) is 25.4. The summed E-state index contributed by atoms with van der Waals surface area (Å²) in [5.41, 5.74) is 0. The molecule has 6 N–H and O–H groups in total. The van der Waals surface area contributed by atoms with Gasteiger partial charge in [0.25, 0.3) is 0 Å². The van der Waals surface area contributed by atoms with Gasteiger partial charge in [-0.05, 0) is 38.5 Å². The highest BCUT2D eigenvalue weighted by molar-refractivity contribution is 7.47. The van der Waals surface area contributed by atoms with Crippen LogP contribution in [-0.2, 0) is 32.7 Å². The van der Waals surface area contributed by atoms with Gasteiger partial charge in [-0.3, -0.25) is 18.6 Å². The molecule has 1 aliphatic carbocycles. The molecule has 0 amide bonds. The van der Waals surface area contributed by atoms with E-state index in [0.717, 1.165) is 38.5 Å². The van der Waals surface area contributed by atoms with Crippen LogP contribution < -0.4 is 0 Å². The summed E-state index contributed by atoms with van der Waals surface area (Å²) >= 11 is 0. The van der Waals surface area contributed by atoms with Crippen LogP contribution in [0, 0.1) is 0 Å². The predicted molar refractivity (Wildman–Crippen MR) is 258 cm³/mol. The van der Waals surface area contributed by atoms with E-state index < -0.39 is 75.7 Å². The lowest BCUT2D eigenvalue weighted by atomic mass is 9.85. The van der Waals surface area contributed by atoms with Crippen LogP contribution in [0.5, 0.6) is 0 Å². The average molecular weight is 943 g/mol. The van der Waals surface area contributed by atoms with Crippen molar-refractivity contribution in [3.63, 3.8) is 0 Å². The quantitative estimate of drug-likeness (QED) is 0.0146. The smallest absolute Gasteiger partial charge is 0.462 e. The molecule has 0 bridgehead atoms. The second kappa shape index (κ2) is 40.8. The van der Waals surface area contributed by atoms with Gasteiger partial charge in [-0.15, -0.1) is 0 Å². The standard InChI is InChI=1S/C51H91O13P/c1-3-5-7-9-11-13-15-17-18-19-20-21-22-23-24-25-26-28-29-31-33-35-37-39-44(52)61-41-43(42-62-65(59,60)64-51-49(57)47(55)46(54)48(56)50(51)58)63-45(53)40-38-36-34-32-30-27-16-14-12-10-8-6-4-2/h6,8,12,14,27,30,34,36,43,46-51,54-58H,3-5,7,9-11,13,15-26,28-29,31-33,35,37-42H2,1-2H3,(H,59,60)/b8-6-,14-12-,30-27-,36-34-. The van der Waals surface area contributed by atoms with Crippen molar-refractivity contribution in [1.82, 2.24) is 0 Å². The van der Waals surface area contributed by atoms with Gasteiger partial charge in [0.05, 0.1) is 6.61 Å². The van der Waals surface area contributed by atoms with Crippen molar-refractivity contribution in [2.75, 3.05) is 13.2 Å². The third kappa shape index (κ3) is 33.0. The third-order valence-corrected chi connectivity index (χ3v) is 12.7. The highest BCUT2D eigenvalue weighted by atomic mass is 31.2. The van der Waals surface area contributed by atoms with Gasteiger partial charge in [0.1, 0.15) is 43.2 Å². The maximum absolute atomic E-state index is 12.8. The van der Waals surface area contributed by atoms with Gasteiger partial charge < -0.3 is 39.9 Å². The molecule has 0 saturated heterocycles. The number of allylic oxidation sites excluding steroid dienone is 8. The summed E-state index contributed by atoms with van der Waals surface area (Å²) in [5, 5.41) is 50.2. The summed E-state index contributed by atoms with van der Waals surface area (Å²) in [4.78, 5) is 35.7. The van der Waals surface area contributed by atoms with Crippen LogP contribution >= 0.6 is 7.82 Å². The minimum atomic E-state index is -5.14. The second-order valence-corrected chi connectivity index (χ2v) is 19.1. The summed E-state index contributed by atoms with van der Waals surface area (Å²) in [7, 11) is -5.14. The zero-order chi connectivity index (χ0) is 47.8. The first-order chi connectivity index (χ1) is 31.4. The number of esters is 2. The van der Waals surface area contributed by atoms with Crippen molar-refractivity contribution >= 4 is 19.8 Å². The van der Waals surface area contributed by atoms with Gasteiger partial charge in [-0.25, -0.2) is 4.57 Å². The molecule has 6 unspecified atom stereocenters. The van der Waals surface area contributed by atoms with E-state index >= 15 is 0 Å². The van der Waals surface area contributed by atoms with Gasteiger partial charge in [-0.2, -0.15) is 0 Å². The monoisotopic (exact) mass is 943 g/mol. The number of rotatable bonds is 42. The molecule has 0 radical (unpaired) electrons.